The average molecular weight is 201 g/mol. The van der Waals surface area contributed by atoms with Gasteiger partial charge in [0.2, 0.25) is 5.91 Å². The number of hydrogen-bond donors (Lipinski definition) is 1. The van der Waals surface area contributed by atoms with Gasteiger partial charge in [0.25, 0.3) is 0 Å². The van der Waals surface area contributed by atoms with E-state index in [0.29, 0.717) is 25.9 Å². The number of ether oxygens (including phenoxy) is 1. The summed E-state index contributed by atoms with van der Waals surface area (Å²) in [6, 6.07) is 0.157. The minimum Gasteiger partial charge on any atom is -0.466 e. The molecule has 0 aromatic rings. The first kappa shape index (κ1) is 12.9. The van der Waals surface area contributed by atoms with Crippen LogP contribution in [0.4, 0.5) is 0 Å². The SMILES string of the molecule is CCOC(=O)CCCC(=O)NC(C)C. The van der Waals surface area contributed by atoms with Gasteiger partial charge in [-0.3, -0.25) is 9.59 Å². The minimum atomic E-state index is -0.232. The molecule has 0 aliphatic heterocycles. The number of esters is 1. The van der Waals surface area contributed by atoms with Crippen molar-refractivity contribution in [1.82, 2.24) is 5.32 Å². The molecule has 0 aliphatic rings. The minimum absolute atomic E-state index is 0.00991. The topological polar surface area (TPSA) is 55.4 Å². The van der Waals surface area contributed by atoms with Gasteiger partial charge in [-0.2, -0.15) is 0 Å². The molecule has 0 aromatic heterocycles. The predicted molar refractivity (Wildman–Crippen MR) is 53.8 cm³/mol. The average Bonchev–Trinajstić information content (AvgIpc) is 2.02. The Morgan fingerprint density at radius 3 is 2.43 bits per heavy atom. The molecule has 0 spiro atoms. The van der Waals surface area contributed by atoms with Gasteiger partial charge in [0.05, 0.1) is 6.61 Å². The third-order valence-corrected chi connectivity index (χ3v) is 1.54. The van der Waals surface area contributed by atoms with E-state index in [1.807, 2.05) is 13.8 Å². The normalized spacial score (nSPS) is 10.0. The van der Waals surface area contributed by atoms with Crippen LogP contribution >= 0.6 is 0 Å². The smallest absolute Gasteiger partial charge is 0.305 e. The number of rotatable bonds is 6. The lowest BCUT2D eigenvalue weighted by atomic mass is 10.2. The van der Waals surface area contributed by atoms with Crippen LogP contribution in [-0.4, -0.2) is 24.5 Å². The first-order valence-electron chi connectivity index (χ1n) is 5.01. The van der Waals surface area contributed by atoms with Crippen molar-refractivity contribution in [3.05, 3.63) is 0 Å². The summed E-state index contributed by atoms with van der Waals surface area (Å²) in [5.74, 6) is -0.242. The monoisotopic (exact) mass is 201 g/mol. The second kappa shape index (κ2) is 7.35. The largest absolute Gasteiger partial charge is 0.466 e. The zero-order valence-electron chi connectivity index (χ0n) is 9.13. The summed E-state index contributed by atoms with van der Waals surface area (Å²) in [6.45, 7) is 5.98. The van der Waals surface area contributed by atoms with Crippen LogP contribution in [0.15, 0.2) is 0 Å². The number of carbonyl (C=O) groups is 2. The van der Waals surface area contributed by atoms with Gasteiger partial charge in [0.15, 0.2) is 0 Å². The molecule has 0 heterocycles. The highest BCUT2D eigenvalue weighted by atomic mass is 16.5. The van der Waals surface area contributed by atoms with E-state index in [1.165, 1.54) is 0 Å². The van der Waals surface area contributed by atoms with Gasteiger partial charge < -0.3 is 10.1 Å². The van der Waals surface area contributed by atoms with Crippen LogP contribution in [0, 0.1) is 0 Å². The molecular formula is C10H19NO3. The lowest BCUT2D eigenvalue weighted by Crippen LogP contribution is -2.29. The van der Waals surface area contributed by atoms with E-state index in [4.69, 9.17) is 4.74 Å². The molecule has 0 unspecified atom stereocenters. The third-order valence-electron chi connectivity index (χ3n) is 1.54. The van der Waals surface area contributed by atoms with Crippen molar-refractivity contribution < 1.29 is 14.3 Å². The Labute approximate surface area is 85.0 Å². The molecule has 0 aliphatic carbocycles. The van der Waals surface area contributed by atoms with Crippen molar-refractivity contribution in [3.8, 4) is 0 Å². The highest BCUT2D eigenvalue weighted by Gasteiger charge is 2.06. The Balaban J connectivity index is 3.44. The van der Waals surface area contributed by atoms with Gasteiger partial charge in [-0.15, -0.1) is 0 Å². The van der Waals surface area contributed by atoms with Crippen LogP contribution in [0.1, 0.15) is 40.0 Å². The Morgan fingerprint density at radius 2 is 1.93 bits per heavy atom. The van der Waals surface area contributed by atoms with Crippen LogP contribution in [0.5, 0.6) is 0 Å². The fraction of sp³-hybridized carbons (Fsp3) is 0.800. The van der Waals surface area contributed by atoms with Crippen LogP contribution in [-0.2, 0) is 14.3 Å². The molecule has 14 heavy (non-hydrogen) atoms. The summed E-state index contributed by atoms with van der Waals surface area (Å²) in [5.41, 5.74) is 0. The Morgan fingerprint density at radius 1 is 1.29 bits per heavy atom. The molecule has 0 rings (SSSR count). The van der Waals surface area contributed by atoms with Crippen molar-refractivity contribution in [3.63, 3.8) is 0 Å². The molecule has 0 atom stereocenters. The van der Waals surface area contributed by atoms with E-state index in [2.05, 4.69) is 5.32 Å². The van der Waals surface area contributed by atoms with Crippen LogP contribution in [0.25, 0.3) is 0 Å². The van der Waals surface area contributed by atoms with E-state index in [-0.39, 0.29) is 17.9 Å². The summed E-state index contributed by atoms with van der Waals surface area (Å²) in [6.07, 6.45) is 1.26. The lowest BCUT2D eigenvalue weighted by Gasteiger charge is -2.07. The van der Waals surface area contributed by atoms with Crippen molar-refractivity contribution in [2.24, 2.45) is 0 Å². The standard InChI is InChI=1S/C10H19NO3/c1-4-14-10(13)7-5-6-9(12)11-8(2)3/h8H,4-7H2,1-3H3,(H,11,12). The van der Waals surface area contributed by atoms with Gasteiger partial charge in [-0.25, -0.2) is 0 Å². The second-order valence-electron chi connectivity index (χ2n) is 3.38. The van der Waals surface area contributed by atoms with Crippen LogP contribution in [0.3, 0.4) is 0 Å². The molecule has 0 bridgehead atoms. The highest BCUT2D eigenvalue weighted by molar-refractivity contribution is 5.77. The Kier molecular flexibility index (Phi) is 6.80. The zero-order chi connectivity index (χ0) is 11.0. The van der Waals surface area contributed by atoms with Crippen molar-refractivity contribution in [1.29, 1.82) is 0 Å². The summed E-state index contributed by atoms with van der Waals surface area (Å²) in [5, 5.41) is 2.76. The molecule has 0 radical (unpaired) electrons. The Hall–Kier alpha value is -1.06. The second-order valence-corrected chi connectivity index (χ2v) is 3.38. The number of amides is 1. The molecule has 1 amide bonds. The van der Waals surface area contributed by atoms with E-state index < -0.39 is 0 Å². The molecule has 0 aromatic carbocycles. The highest BCUT2D eigenvalue weighted by Crippen LogP contribution is 1.98. The number of hydrogen-bond acceptors (Lipinski definition) is 3. The molecule has 4 nitrogen and oxygen atoms in total. The van der Waals surface area contributed by atoms with Crippen molar-refractivity contribution >= 4 is 11.9 Å². The van der Waals surface area contributed by atoms with Crippen LogP contribution in [0.2, 0.25) is 0 Å². The zero-order valence-corrected chi connectivity index (χ0v) is 9.13. The summed E-state index contributed by atoms with van der Waals surface area (Å²) >= 11 is 0. The van der Waals surface area contributed by atoms with Crippen LogP contribution < -0.4 is 5.32 Å². The maximum Gasteiger partial charge on any atom is 0.305 e. The van der Waals surface area contributed by atoms with E-state index >= 15 is 0 Å². The van der Waals surface area contributed by atoms with Crippen molar-refractivity contribution in [2.75, 3.05) is 6.61 Å². The van der Waals surface area contributed by atoms with Crippen molar-refractivity contribution in [2.45, 2.75) is 46.1 Å². The molecule has 4 heteroatoms. The van der Waals surface area contributed by atoms with E-state index in [0.717, 1.165) is 0 Å². The lowest BCUT2D eigenvalue weighted by molar-refractivity contribution is -0.143. The first-order chi connectivity index (χ1) is 6.56. The maximum atomic E-state index is 11.1. The van der Waals surface area contributed by atoms with Gasteiger partial charge in [-0.1, -0.05) is 0 Å². The quantitative estimate of drug-likeness (QED) is 0.658. The molecular weight excluding hydrogens is 182 g/mol. The van der Waals surface area contributed by atoms with E-state index in [9.17, 15) is 9.59 Å². The van der Waals surface area contributed by atoms with Gasteiger partial charge in [0.1, 0.15) is 0 Å². The van der Waals surface area contributed by atoms with Gasteiger partial charge in [0, 0.05) is 18.9 Å². The third kappa shape index (κ3) is 7.58. The van der Waals surface area contributed by atoms with Gasteiger partial charge >= 0.3 is 5.97 Å². The molecule has 0 saturated carbocycles. The fourth-order valence-electron chi connectivity index (χ4n) is 1.02. The molecule has 82 valence electrons. The summed E-state index contributed by atoms with van der Waals surface area (Å²) in [4.78, 5) is 22.0. The molecule has 1 N–H and O–H groups in total. The molecule has 0 saturated heterocycles. The first-order valence-corrected chi connectivity index (χ1v) is 5.01. The summed E-state index contributed by atoms with van der Waals surface area (Å²) < 4.78 is 4.73. The number of nitrogens with one attached hydrogen (secondary N) is 1. The predicted octanol–water partition coefficient (Wildman–Crippen LogP) is 1.24. The van der Waals surface area contributed by atoms with E-state index in [1.54, 1.807) is 6.92 Å². The Bertz CT molecular complexity index is 190. The maximum absolute atomic E-state index is 11.1. The van der Waals surface area contributed by atoms with Gasteiger partial charge in [-0.05, 0) is 27.2 Å². The fourth-order valence-corrected chi connectivity index (χ4v) is 1.02. The number of carbonyl (C=O) groups excluding carboxylic acids is 2. The summed E-state index contributed by atoms with van der Waals surface area (Å²) in [7, 11) is 0. The molecule has 0 fully saturated rings.